The molecule has 0 aliphatic heterocycles. The van der Waals surface area contributed by atoms with E-state index in [9.17, 15) is 25.0 Å². The molecule has 12 nitrogen and oxygen atoms in total. The number of hydrazine groups is 1. The highest BCUT2D eigenvalue weighted by atomic mass is 16.6. The molecule has 0 radical (unpaired) electrons. The molecule has 12 heteroatoms. The Morgan fingerprint density at radius 3 is 2.00 bits per heavy atom. The van der Waals surface area contributed by atoms with Gasteiger partial charge in [-0.3, -0.25) is 35.9 Å². The van der Waals surface area contributed by atoms with Crippen LogP contribution in [0.3, 0.4) is 0 Å². The predicted molar refractivity (Wildman–Crippen MR) is 109 cm³/mol. The van der Waals surface area contributed by atoms with Gasteiger partial charge in [0.05, 0.1) is 15.5 Å². The van der Waals surface area contributed by atoms with Crippen LogP contribution in [0, 0.1) is 20.2 Å². The maximum absolute atomic E-state index is 11.6. The second-order valence-corrected chi connectivity index (χ2v) is 5.99. The number of nitro benzene ring substituents is 1. The fourth-order valence-corrected chi connectivity index (χ4v) is 2.46. The first-order chi connectivity index (χ1) is 14.3. The molecule has 0 unspecified atom stereocenters. The fraction of sp³-hybridized carbons (Fsp3) is 0.0556. The summed E-state index contributed by atoms with van der Waals surface area (Å²) in [6.07, 6.45) is 1.14. The van der Waals surface area contributed by atoms with Crippen LogP contribution in [-0.2, 0) is 0 Å². The van der Waals surface area contributed by atoms with E-state index in [-0.39, 0.29) is 23.1 Å². The van der Waals surface area contributed by atoms with Gasteiger partial charge < -0.3 is 5.32 Å². The lowest BCUT2D eigenvalue weighted by molar-refractivity contribution is -0.384. The number of aromatic nitrogens is 2. The second kappa shape index (κ2) is 8.60. The largest absolute Gasteiger partial charge is 0.355 e. The first kappa shape index (κ1) is 20.1. The zero-order chi connectivity index (χ0) is 21.7. The van der Waals surface area contributed by atoms with E-state index in [4.69, 9.17) is 0 Å². The lowest BCUT2D eigenvalue weighted by Crippen LogP contribution is -2.13. The van der Waals surface area contributed by atoms with Crippen LogP contribution in [0.1, 0.15) is 17.3 Å². The third-order valence-electron chi connectivity index (χ3n) is 3.96. The highest BCUT2D eigenvalue weighted by Gasteiger charge is 2.23. The van der Waals surface area contributed by atoms with E-state index in [0.29, 0.717) is 16.9 Å². The third-order valence-corrected chi connectivity index (χ3v) is 3.96. The molecular weight excluding hydrogens is 394 g/mol. The SMILES string of the molecule is CC(=O)c1ccc(Nc2ncnc(NNc3ccc([N+](=O)[O-])cc3)c2[N+](=O)[O-])cc1. The van der Waals surface area contributed by atoms with Crippen LogP contribution in [0.2, 0.25) is 0 Å². The van der Waals surface area contributed by atoms with E-state index in [2.05, 4.69) is 26.1 Å². The molecule has 0 spiro atoms. The zero-order valence-corrected chi connectivity index (χ0v) is 15.5. The topological polar surface area (TPSA) is 165 Å². The maximum Gasteiger partial charge on any atom is 0.355 e. The van der Waals surface area contributed by atoms with Gasteiger partial charge in [0.15, 0.2) is 5.78 Å². The molecule has 0 aliphatic carbocycles. The fourth-order valence-electron chi connectivity index (χ4n) is 2.46. The van der Waals surface area contributed by atoms with Gasteiger partial charge in [-0.2, -0.15) is 0 Å². The molecule has 152 valence electrons. The van der Waals surface area contributed by atoms with Gasteiger partial charge in [-0.1, -0.05) is 0 Å². The number of anilines is 4. The minimum Gasteiger partial charge on any atom is -0.334 e. The number of non-ortho nitro benzene ring substituents is 1. The summed E-state index contributed by atoms with van der Waals surface area (Å²) in [6.45, 7) is 1.44. The van der Waals surface area contributed by atoms with Crippen LogP contribution in [0.4, 0.5) is 34.4 Å². The van der Waals surface area contributed by atoms with Gasteiger partial charge in [-0.15, -0.1) is 0 Å². The van der Waals surface area contributed by atoms with Crippen LogP contribution in [0.25, 0.3) is 0 Å². The minimum atomic E-state index is -0.647. The van der Waals surface area contributed by atoms with Crippen molar-refractivity contribution in [2.24, 2.45) is 0 Å². The summed E-state index contributed by atoms with van der Waals surface area (Å²) in [5.41, 5.74) is 6.25. The van der Waals surface area contributed by atoms with Crippen LogP contribution in [0.15, 0.2) is 54.9 Å². The smallest absolute Gasteiger partial charge is 0.334 e. The average molecular weight is 409 g/mol. The summed E-state index contributed by atoms with van der Waals surface area (Å²) in [5, 5.41) is 25.1. The number of carbonyl (C=O) groups is 1. The number of ketones is 1. The van der Waals surface area contributed by atoms with Gasteiger partial charge >= 0.3 is 5.69 Å². The molecule has 0 amide bonds. The summed E-state index contributed by atoms with van der Waals surface area (Å²) in [6, 6.07) is 11.8. The average Bonchev–Trinajstić information content (AvgIpc) is 2.72. The quantitative estimate of drug-likeness (QED) is 0.284. The van der Waals surface area contributed by atoms with Crippen LogP contribution < -0.4 is 16.2 Å². The lowest BCUT2D eigenvalue weighted by atomic mass is 10.1. The summed E-state index contributed by atoms with van der Waals surface area (Å²) in [4.78, 5) is 40.3. The number of carbonyl (C=O) groups excluding carboxylic acids is 1. The van der Waals surface area contributed by atoms with Crippen LogP contribution in [0.5, 0.6) is 0 Å². The first-order valence-corrected chi connectivity index (χ1v) is 8.49. The Balaban J connectivity index is 1.81. The summed E-state index contributed by atoms with van der Waals surface area (Å²) < 4.78 is 0. The molecule has 3 N–H and O–H groups in total. The highest BCUT2D eigenvalue weighted by molar-refractivity contribution is 5.94. The van der Waals surface area contributed by atoms with E-state index in [0.717, 1.165) is 6.33 Å². The number of rotatable bonds is 8. The predicted octanol–water partition coefficient (Wildman–Crippen LogP) is 3.68. The molecule has 2 aromatic carbocycles. The highest BCUT2D eigenvalue weighted by Crippen LogP contribution is 2.31. The normalized spacial score (nSPS) is 10.2. The van der Waals surface area contributed by atoms with Crippen molar-refractivity contribution in [3.8, 4) is 0 Å². The summed E-state index contributed by atoms with van der Waals surface area (Å²) >= 11 is 0. The van der Waals surface area contributed by atoms with Crippen molar-refractivity contribution in [3.05, 3.63) is 80.7 Å². The molecule has 0 atom stereocenters. The van der Waals surface area contributed by atoms with Gasteiger partial charge in [-0.25, -0.2) is 9.97 Å². The Hall–Kier alpha value is -4.61. The van der Waals surface area contributed by atoms with Gasteiger partial charge in [-0.05, 0) is 43.3 Å². The number of Topliss-reactive ketones (excluding diaryl/α,β-unsaturated/α-hetero) is 1. The Bertz CT molecular complexity index is 1100. The number of nitrogens with one attached hydrogen (secondary N) is 3. The Morgan fingerprint density at radius 1 is 0.833 bits per heavy atom. The number of nitro groups is 2. The number of benzene rings is 2. The molecule has 3 rings (SSSR count). The van der Waals surface area contributed by atoms with Gasteiger partial charge in [0.1, 0.15) is 6.33 Å². The standard InChI is InChI=1S/C18H15N7O5/c1-11(26)12-2-4-13(5-3-12)21-17-16(25(29)30)18(20-10-19-17)23-22-14-6-8-15(9-7-14)24(27)28/h2-10,22H,1H3,(H2,19,20,21,23). The summed E-state index contributed by atoms with van der Waals surface area (Å²) in [7, 11) is 0. The van der Waals surface area contributed by atoms with Crippen molar-refractivity contribution in [2.45, 2.75) is 6.92 Å². The minimum absolute atomic E-state index is 0.0569. The van der Waals surface area contributed by atoms with Crippen molar-refractivity contribution < 1.29 is 14.6 Å². The molecule has 30 heavy (non-hydrogen) atoms. The molecule has 3 aromatic rings. The van der Waals surface area contributed by atoms with E-state index in [1.807, 2.05) is 0 Å². The summed E-state index contributed by atoms with van der Waals surface area (Å²) in [5.74, 6) is -0.270. The van der Waals surface area contributed by atoms with E-state index in [1.165, 1.54) is 31.2 Å². The molecule has 0 aliphatic rings. The Labute approximate surface area is 169 Å². The number of hydrogen-bond donors (Lipinski definition) is 3. The second-order valence-electron chi connectivity index (χ2n) is 5.99. The van der Waals surface area contributed by atoms with Crippen molar-refractivity contribution in [1.82, 2.24) is 9.97 Å². The van der Waals surface area contributed by atoms with Crippen molar-refractivity contribution in [3.63, 3.8) is 0 Å². The van der Waals surface area contributed by atoms with Crippen molar-refractivity contribution in [2.75, 3.05) is 16.2 Å². The molecule has 1 aromatic heterocycles. The van der Waals surface area contributed by atoms with Gasteiger partial charge in [0.2, 0.25) is 11.6 Å². The lowest BCUT2D eigenvalue weighted by Gasteiger charge is -2.11. The van der Waals surface area contributed by atoms with Crippen molar-refractivity contribution in [1.29, 1.82) is 0 Å². The molecule has 0 saturated carbocycles. The molecule has 1 heterocycles. The molecule has 0 bridgehead atoms. The molecule has 0 fully saturated rings. The number of nitrogens with zero attached hydrogens (tertiary/aromatic N) is 4. The monoisotopic (exact) mass is 409 g/mol. The first-order valence-electron chi connectivity index (χ1n) is 8.49. The van der Waals surface area contributed by atoms with Gasteiger partial charge in [0, 0.05) is 23.4 Å². The zero-order valence-electron chi connectivity index (χ0n) is 15.5. The van der Waals surface area contributed by atoms with Crippen LogP contribution >= 0.6 is 0 Å². The Kier molecular flexibility index (Phi) is 5.77. The van der Waals surface area contributed by atoms with E-state index < -0.39 is 15.5 Å². The van der Waals surface area contributed by atoms with Crippen LogP contribution in [-0.4, -0.2) is 25.6 Å². The maximum atomic E-state index is 11.6. The molecule has 0 saturated heterocycles. The van der Waals surface area contributed by atoms with Crippen molar-refractivity contribution >= 4 is 40.2 Å². The van der Waals surface area contributed by atoms with Gasteiger partial charge in [0.25, 0.3) is 5.69 Å². The third kappa shape index (κ3) is 4.62. The molecular formula is C18H15N7O5. The van der Waals surface area contributed by atoms with E-state index >= 15 is 0 Å². The number of hydrogen-bond acceptors (Lipinski definition) is 10. The Morgan fingerprint density at radius 2 is 1.43 bits per heavy atom. The van der Waals surface area contributed by atoms with E-state index in [1.54, 1.807) is 24.3 Å².